The zero-order valence-electron chi connectivity index (χ0n) is 12.6. The molecule has 1 heterocycles. The number of amides is 1. The number of hydrogen-bond acceptors (Lipinski definition) is 3. The van der Waals surface area contributed by atoms with Crippen molar-refractivity contribution in [2.24, 2.45) is 5.92 Å². The summed E-state index contributed by atoms with van der Waals surface area (Å²) in [7, 11) is 0. The molecule has 2 rings (SSSR count). The Bertz CT molecular complexity index is 487. The fourth-order valence-corrected chi connectivity index (χ4v) is 3.02. The number of carbonyl (C=O) groups is 1. The van der Waals surface area contributed by atoms with Crippen molar-refractivity contribution in [3.05, 3.63) is 28.2 Å². The molecule has 1 amide bonds. The predicted octanol–water partition coefficient (Wildman–Crippen LogP) is 2.64. The van der Waals surface area contributed by atoms with Gasteiger partial charge in [-0.15, -0.1) is 0 Å². The van der Waals surface area contributed by atoms with Gasteiger partial charge in [0, 0.05) is 6.54 Å². The normalized spacial score (nSPS) is 19.9. The SMILES string of the molecule is Cc1ccc(OC(C)C(=O)NCC2CCCNC2)c(Br)c1. The van der Waals surface area contributed by atoms with Crippen molar-refractivity contribution in [3.63, 3.8) is 0 Å². The molecule has 0 aliphatic carbocycles. The molecule has 0 aromatic heterocycles. The van der Waals surface area contributed by atoms with E-state index in [1.807, 2.05) is 25.1 Å². The predicted molar refractivity (Wildman–Crippen MR) is 87.6 cm³/mol. The maximum absolute atomic E-state index is 12.1. The van der Waals surface area contributed by atoms with Crippen LogP contribution in [0.2, 0.25) is 0 Å². The molecule has 0 saturated carbocycles. The second-order valence-corrected chi connectivity index (χ2v) is 6.51. The number of rotatable bonds is 5. The molecular formula is C16H23BrN2O2. The summed E-state index contributed by atoms with van der Waals surface area (Å²) in [5.41, 5.74) is 1.15. The van der Waals surface area contributed by atoms with Crippen LogP contribution in [0.25, 0.3) is 0 Å². The monoisotopic (exact) mass is 354 g/mol. The fraction of sp³-hybridized carbons (Fsp3) is 0.562. The lowest BCUT2D eigenvalue weighted by molar-refractivity contribution is -0.127. The van der Waals surface area contributed by atoms with Crippen LogP contribution in [-0.4, -0.2) is 31.6 Å². The van der Waals surface area contributed by atoms with E-state index in [1.165, 1.54) is 12.8 Å². The van der Waals surface area contributed by atoms with E-state index in [1.54, 1.807) is 6.92 Å². The lowest BCUT2D eigenvalue weighted by Gasteiger charge is -2.24. The van der Waals surface area contributed by atoms with Gasteiger partial charge in [0.1, 0.15) is 5.75 Å². The number of aryl methyl sites for hydroxylation is 1. The average molecular weight is 355 g/mol. The molecule has 1 fully saturated rings. The average Bonchev–Trinajstić information content (AvgIpc) is 2.48. The van der Waals surface area contributed by atoms with Gasteiger partial charge in [-0.1, -0.05) is 6.07 Å². The third-order valence-electron chi connectivity index (χ3n) is 3.72. The highest BCUT2D eigenvalue weighted by Crippen LogP contribution is 2.26. The number of benzene rings is 1. The van der Waals surface area contributed by atoms with Gasteiger partial charge < -0.3 is 15.4 Å². The zero-order chi connectivity index (χ0) is 15.2. The van der Waals surface area contributed by atoms with Gasteiger partial charge >= 0.3 is 0 Å². The molecule has 2 unspecified atom stereocenters. The molecule has 0 radical (unpaired) electrons. The highest BCUT2D eigenvalue weighted by Gasteiger charge is 2.18. The number of hydrogen-bond donors (Lipinski definition) is 2. The third-order valence-corrected chi connectivity index (χ3v) is 4.34. The Balaban J connectivity index is 1.81. The maximum Gasteiger partial charge on any atom is 0.260 e. The lowest BCUT2D eigenvalue weighted by Crippen LogP contribution is -2.42. The van der Waals surface area contributed by atoms with Gasteiger partial charge in [0.2, 0.25) is 0 Å². The number of carbonyl (C=O) groups excluding carboxylic acids is 1. The summed E-state index contributed by atoms with van der Waals surface area (Å²) in [5, 5.41) is 6.34. The second kappa shape index (κ2) is 7.80. The number of halogens is 1. The van der Waals surface area contributed by atoms with Gasteiger partial charge in [-0.3, -0.25) is 4.79 Å². The van der Waals surface area contributed by atoms with Gasteiger partial charge in [-0.2, -0.15) is 0 Å². The molecule has 5 heteroatoms. The smallest absolute Gasteiger partial charge is 0.260 e. The molecule has 21 heavy (non-hydrogen) atoms. The van der Waals surface area contributed by atoms with E-state index in [9.17, 15) is 4.79 Å². The largest absolute Gasteiger partial charge is 0.480 e. The Hall–Kier alpha value is -1.07. The van der Waals surface area contributed by atoms with E-state index in [2.05, 4.69) is 26.6 Å². The second-order valence-electron chi connectivity index (χ2n) is 5.65. The van der Waals surface area contributed by atoms with E-state index in [4.69, 9.17) is 4.74 Å². The summed E-state index contributed by atoms with van der Waals surface area (Å²) in [5.74, 6) is 1.16. The topological polar surface area (TPSA) is 50.4 Å². The van der Waals surface area contributed by atoms with Crippen LogP contribution in [-0.2, 0) is 4.79 Å². The first kappa shape index (κ1) is 16.3. The molecule has 4 nitrogen and oxygen atoms in total. The molecular weight excluding hydrogens is 332 g/mol. The minimum atomic E-state index is -0.499. The minimum Gasteiger partial charge on any atom is -0.480 e. The first-order valence-electron chi connectivity index (χ1n) is 7.47. The maximum atomic E-state index is 12.1. The molecule has 1 saturated heterocycles. The molecule has 2 N–H and O–H groups in total. The van der Waals surface area contributed by atoms with Crippen molar-refractivity contribution in [1.29, 1.82) is 0 Å². The standard InChI is InChI=1S/C16H23BrN2O2/c1-11-5-6-15(14(17)8-11)21-12(2)16(20)19-10-13-4-3-7-18-9-13/h5-6,8,12-13,18H,3-4,7,9-10H2,1-2H3,(H,19,20). The van der Waals surface area contributed by atoms with E-state index < -0.39 is 6.10 Å². The highest BCUT2D eigenvalue weighted by molar-refractivity contribution is 9.10. The number of piperidine rings is 1. The van der Waals surface area contributed by atoms with Crippen LogP contribution in [0.3, 0.4) is 0 Å². The molecule has 116 valence electrons. The van der Waals surface area contributed by atoms with Crippen LogP contribution in [0.4, 0.5) is 0 Å². The van der Waals surface area contributed by atoms with Crippen molar-refractivity contribution in [2.75, 3.05) is 19.6 Å². The Morgan fingerprint density at radius 1 is 1.57 bits per heavy atom. The molecule has 0 spiro atoms. The quantitative estimate of drug-likeness (QED) is 0.854. The van der Waals surface area contributed by atoms with Crippen LogP contribution < -0.4 is 15.4 Å². The number of ether oxygens (including phenoxy) is 1. The van der Waals surface area contributed by atoms with Gasteiger partial charge in [0.15, 0.2) is 6.10 Å². The zero-order valence-corrected chi connectivity index (χ0v) is 14.2. The van der Waals surface area contributed by atoms with Crippen molar-refractivity contribution < 1.29 is 9.53 Å². The molecule has 0 bridgehead atoms. The van der Waals surface area contributed by atoms with Crippen molar-refractivity contribution >= 4 is 21.8 Å². The van der Waals surface area contributed by atoms with Crippen LogP contribution in [0.15, 0.2) is 22.7 Å². The van der Waals surface area contributed by atoms with Crippen LogP contribution in [0.1, 0.15) is 25.3 Å². The Labute approximate surface area is 134 Å². The van der Waals surface area contributed by atoms with Crippen LogP contribution >= 0.6 is 15.9 Å². The van der Waals surface area contributed by atoms with E-state index in [0.717, 1.165) is 23.1 Å². The van der Waals surface area contributed by atoms with E-state index in [0.29, 0.717) is 18.2 Å². The molecule has 1 aliphatic heterocycles. The summed E-state index contributed by atoms with van der Waals surface area (Å²) in [4.78, 5) is 12.1. The van der Waals surface area contributed by atoms with Crippen LogP contribution in [0.5, 0.6) is 5.75 Å². The fourth-order valence-electron chi connectivity index (χ4n) is 2.43. The Morgan fingerprint density at radius 2 is 2.38 bits per heavy atom. The van der Waals surface area contributed by atoms with E-state index in [-0.39, 0.29) is 5.91 Å². The summed E-state index contributed by atoms with van der Waals surface area (Å²) in [6, 6.07) is 5.83. The number of nitrogens with one attached hydrogen (secondary N) is 2. The third kappa shape index (κ3) is 5.00. The first-order chi connectivity index (χ1) is 10.1. The van der Waals surface area contributed by atoms with E-state index >= 15 is 0 Å². The van der Waals surface area contributed by atoms with Gasteiger partial charge in [0.25, 0.3) is 5.91 Å². The molecule has 1 aromatic rings. The molecule has 1 aromatic carbocycles. The lowest BCUT2D eigenvalue weighted by atomic mass is 10.00. The van der Waals surface area contributed by atoms with Crippen molar-refractivity contribution in [1.82, 2.24) is 10.6 Å². The minimum absolute atomic E-state index is 0.0620. The van der Waals surface area contributed by atoms with Gasteiger partial charge in [-0.05, 0) is 79.3 Å². The summed E-state index contributed by atoms with van der Waals surface area (Å²) in [6.07, 6.45) is 1.86. The Kier molecular flexibility index (Phi) is 6.06. The van der Waals surface area contributed by atoms with Gasteiger partial charge in [-0.25, -0.2) is 0 Å². The highest BCUT2D eigenvalue weighted by atomic mass is 79.9. The van der Waals surface area contributed by atoms with Gasteiger partial charge in [0.05, 0.1) is 4.47 Å². The van der Waals surface area contributed by atoms with Crippen LogP contribution in [0, 0.1) is 12.8 Å². The summed E-state index contributed by atoms with van der Waals surface area (Å²) in [6.45, 7) is 6.59. The van der Waals surface area contributed by atoms with Crippen molar-refractivity contribution in [2.45, 2.75) is 32.8 Å². The molecule has 2 atom stereocenters. The Morgan fingerprint density at radius 3 is 3.05 bits per heavy atom. The summed E-state index contributed by atoms with van der Waals surface area (Å²) >= 11 is 3.46. The first-order valence-corrected chi connectivity index (χ1v) is 8.27. The molecule has 1 aliphatic rings. The summed E-state index contributed by atoms with van der Waals surface area (Å²) < 4.78 is 6.60. The van der Waals surface area contributed by atoms with Crippen molar-refractivity contribution in [3.8, 4) is 5.75 Å².